The lowest BCUT2D eigenvalue weighted by Gasteiger charge is -2.10. The van der Waals surface area contributed by atoms with Gasteiger partial charge in [-0.2, -0.15) is 5.10 Å². The molecule has 1 saturated carbocycles. The molecule has 2 aromatic heterocycles. The minimum Gasteiger partial charge on any atom is -0.326 e. The third kappa shape index (κ3) is 3.42. The molecule has 0 bridgehead atoms. The number of hydrogen-bond acceptors (Lipinski definition) is 5. The summed E-state index contributed by atoms with van der Waals surface area (Å²) in [6.07, 6.45) is 7.21. The lowest BCUT2D eigenvalue weighted by Crippen LogP contribution is -2.21. The van der Waals surface area contributed by atoms with Gasteiger partial charge >= 0.3 is 0 Å². The number of hydrogen-bond donors (Lipinski definition) is 2. The summed E-state index contributed by atoms with van der Waals surface area (Å²) in [5.41, 5.74) is 3.21. The van der Waals surface area contributed by atoms with Crippen LogP contribution < -0.4 is 10.6 Å². The summed E-state index contributed by atoms with van der Waals surface area (Å²) in [5.74, 6) is 0.602. The maximum absolute atomic E-state index is 12.1. The standard InChI is InChI=1S/C19H20N6O/c1-19(8-9-19)17(26)22-14-5-3-13(4-6-14)16-7-10-20-18(24-16)23-15-11-21-25(2)12-15/h3-7,10-12H,8-9H2,1-2H3,(H,22,26)(H,20,23,24). The first-order valence-corrected chi connectivity index (χ1v) is 8.52. The van der Waals surface area contributed by atoms with Gasteiger partial charge in [0.25, 0.3) is 0 Å². The summed E-state index contributed by atoms with van der Waals surface area (Å²) < 4.78 is 1.71. The van der Waals surface area contributed by atoms with Crippen LogP contribution in [0, 0.1) is 5.41 Å². The SMILES string of the molecule is Cn1cc(Nc2nccc(-c3ccc(NC(=O)C4(C)CC4)cc3)n2)cn1. The van der Waals surface area contributed by atoms with Gasteiger partial charge in [-0.05, 0) is 31.0 Å². The second-order valence-electron chi connectivity index (χ2n) is 6.89. The van der Waals surface area contributed by atoms with E-state index < -0.39 is 0 Å². The molecule has 26 heavy (non-hydrogen) atoms. The molecule has 7 nitrogen and oxygen atoms in total. The number of aromatic nitrogens is 4. The second-order valence-corrected chi connectivity index (χ2v) is 6.89. The van der Waals surface area contributed by atoms with Gasteiger partial charge in [0.05, 0.1) is 17.6 Å². The smallest absolute Gasteiger partial charge is 0.230 e. The van der Waals surface area contributed by atoms with E-state index in [0.717, 1.165) is 35.5 Å². The Hall–Kier alpha value is -3.22. The van der Waals surface area contributed by atoms with E-state index in [9.17, 15) is 4.79 Å². The van der Waals surface area contributed by atoms with Crippen LogP contribution in [0.2, 0.25) is 0 Å². The van der Waals surface area contributed by atoms with Gasteiger partial charge in [-0.15, -0.1) is 0 Å². The first-order chi connectivity index (χ1) is 12.5. The fourth-order valence-electron chi connectivity index (χ4n) is 2.62. The highest BCUT2D eigenvalue weighted by Crippen LogP contribution is 2.45. The molecule has 2 N–H and O–H groups in total. The molecule has 0 radical (unpaired) electrons. The van der Waals surface area contributed by atoms with Crippen molar-refractivity contribution < 1.29 is 4.79 Å². The quantitative estimate of drug-likeness (QED) is 0.738. The average molecular weight is 348 g/mol. The van der Waals surface area contributed by atoms with Crippen LogP contribution in [0.4, 0.5) is 17.3 Å². The Morgan fingerprint density at radius 1 is 1.15 bits per heavy atom. The summed E-state index contributed by atoms with van der Waals surface area (Å²) >= 11 is 0. The molecule has 1 aliphatic rings. The van der Waals surface area contributed by atoms with Gasteiger partial charge in [-0.1, -0.05) is 19.1 Å². The van der Waals surface area contributed by atoms with Crippen LogP contribution in [0.1, 0.15) is 19.8 Å². The van der Waals surface area contributed by atoms with Gasteiger partial charge < -0.3 is 10.6 Å². The summed E-state index contributed by atoms with van der Waals surface area (Å²) in [7, 11) is 1.85. The van der Waals surface area contributed by atoms with Crippen molar-refractivity contribution in [2.45, 2.75) is 19.8 Å². The van der Waals surface area contributed by atoms with E-state index in [4.69, 9.17) is 0 Å². The van der Waals surface area contributed by atoms with Gasteiger partial charge in [0.15, 0.2) is 0 Å². The molecule has 0 unspecified atom stereocenters. The maximum atomic E-state index is 12.1. The van der Waals surface area contributed by atoms with Gasteiger partial charge in [0.2, 0.25) is 11.9 Å². The molecule has 0 aliphatic heterocycles. The molecule has 0 spiro atoms. The molecule has 7 heteroatoms. The van der Waals surface area contributed by atoms with Crippen LogP contribution >= 0.6 is 0 Å². The molecule has 1 aliphatic carbocycles. The number of benzene rings is 1. The topological polar surface area (TPSA) is 84.7 Å². The molecule has 2 heterocycles. The first kappa shape index (κ1) is 16.3. The highest BCUT2D eigenvalue weighted by atomic mass is 16.2. The molecule has 3 aromatic rings. The van der Waals surface area contributed by atoms with Crippen LogP contribution in [0.15, 0.2) is 48.9 Å². The monoisotopic (exact) mass is 348 g/mol. The summed E-state index contributed by atoms with van der Waals surface area (Å²) in [6, 6.07) is 9.54. The zero-order chi connectivity index (χ0) is 18.1. The lowest BCUT2D eigenvalue weighted by molar-refractivity contribution is -0.120. The average Bonchev–Trinajstić information content (AvgIpc) is 3.27. The van der Waals surface area contributed by atoms with Crippen LogP contribution in [0.5, 0.6) is 0 Å². The predicted molar refractivity (Wildman–Crippen MR) is 99.9 cm³/mol. The molecular formula is C19H20N6O. The van der Waals surface area contributed by atoms with Gasteiger partial charge in [-0.3, -0.25) is 9.48 Å². The Bertz CT molecular complexity index is 943. The minimum atomic E-state index is -0.182. The van der Waals surface area contributed by atoms with Crippen LogP contribution in [-0.4, -0.2) is 25.7 Å². The normalized spacial score (nSPS) is 14.7. The van der Waals surface area contributed by atoms with Crippen molar-refractivity contribution in [3.8, 4) is 11.3 Å². The molecule has 0 saturated heterocycles. The largest absolute Gasteiger partial charge is 0.326 e. The Morgan fingerprint density at radius 3 is 2.58 bits per heavy atom. The first-order valence-electron chi connectivity index (χ1n) is 8.52. The van der Waals surface area contributed by atoms with Crippen LogP contribution in [-0.2, 0) is 11.8 Å². The van der Waals surface area contributed by atoms with Crippen molar-refractivity contribution in [3.05, 3.63) is 48.9 Å². The highest BCUT2D eigenvalue weighted by Gasteiger charge is 2.44. The molecule has 132 valence electrons. The second kappa shape index (κ2) is 6.25. The predicted octanol–water partition coefficient (Wildman–Crippen LogP) is 3.36. The zero-order valence-corrected chi connectivity index (χ0v) is 14.7. The number of anilines is 3. The van der Waals surface area contributed by atoms with E-state index in [1.807, 2.05) is 50.5 Å². The van der Waals surface area contributed by atoms with Gasteiger partial charge in [0.1, 0.15) is 0 Å². The maximum Gasteiger partial charge on any atom is 0.230 e. The fraction of sp³-hybridized carbons (Fsp3) is 0.263. The third-order valence-electron chi connectivity index (χ3n) is 4.60. The number of carbonyl (C=O) groups excluding carboxylic acids is 1. The lowest BCUT2D eigenvalue weighted by atomic mass is 10.1. The highest BCUT2D eigenvalue weighted by molar-refractivity contribution is 5.97. The number of carbonyl (C=O) groups is 1. The number of nitrogens with zero attached hydrogens (tertiary/aromatic N) is 4. The van der Waals surface area contributed by atoms with E-state index in [2.05, 4.69) is 25.7 Å². The van der Waals surface area contributed by atoms with Gasteiger partial charge in [-0.25, -0.2) is 9.97 Å². The third-order valence-corrected chi connectivity index (χ3v) is 4.60. The molecule has 1 fully saturated rings. The van der Waals surface area contributed by atoms with E-state index in [0.29, 0.717) is 5.95 Å². The number of nitrogens with one attached hydrogen (secondary N) is 2. The van der Waals surface area contributed by atoms with Crippen molar-refractivity contribution in [3.63, 3.8) is 0 Å². The molecule has 0 atom stereocenters. The summed E-state index contributed by atoms with van der Waals surface area (Å²) in [4.78, 5) is 20.9. The van der Waals surface area contributed by atoms with Crippen molar-refractivity contribution in [1.29, 1.82) is 0 Å². The van der Waals surface area contributed by atoms with E-state index in [1.165, 1.54) is 0 Å². The Labute approximate surface area is 151 Å². The van der Waals surface area contributed by atoms with Crippen LogP contribution in [0.25, 0.3) is 11.3 Å². The number of rotatable bonds is 5. The van der Waals surface area contributed by atoms with Crippen molar-refractivity contribution in [1.82, 2.24) is 19.7 Å². The molecule has 1 amide bonds. The number of aryl methyl sites for hydroxylation is 1. The van der Waals surface area contributed by atoms with Gasteiger partial charge in [0, 0.05) is 36.1 Å². The van der Waals surface area contributed by atoms with Crippen molar-refractivity contribution in [2.24, 2.45) is 12.5 Å². The minimum absolute atomic E-state index is 0.0928. The summed E-state index contributed by atoms with van der Waals surface area (Å²) in [6.45, 7) is 1.99. The van der Waals surface area contributed by atoms with Crippen molar-refractivity contribution in [2.75, 3.05) is 10.6 Å². The Morgan fingerprint density at radius 2 is 1.92 bits per heavy atom. The van der Waals surface area contributed by atoms with Crippen LogP contribution in [0.3, 0.4) is 0 Å². The fourth-order valence-corrected chi connectivity index (χ4v) is 2.62. The molecule has 4 rings (SSSR count). The Balaban J connectivity index is 1.48. The van der Waals surface area contributed by atoms with Crippen molar-refractivity contribution >= 4 is 23.2 Å². The molecular weight excluding hydrogens is 328 g/mol. The zero-order valence-electron chi connectivity index (χ0n) is 14.7. The van der Waals surface area contributed by atoms with E-state index >= 15 is 0 Å². The summed E-state index contributed by atoms with van der Waals surface area (Å²) in [5, 5.41) is 10.2. The molecule has 1 aromatic carbocycles. The number of amides is 1. The van der Waals surface area contributed by atoms with E-state index in [-0.39, 0.29) is 11.3 Å². The Kier molecular flexibility index (Phi) is 3.91. The van der Waals surface area contributed by atoms with E-state index in [1.54, 1.807) is 17.1 Å².